The Balaban J connectivity index is 2.26. The molecule has 1 aliphatic rings. The third-order valence-electron chi connectivity index (χ3n) is 4.21. The molecule has 5 nitrogen and oxygen atoms in total. The smallest absolute Gasteiger partial charge is 0.251 e. The molecule has 1 N–H and O–H groups in total. The van der Waals surface area contributed by atoms with Gasteiger partial charge in [-0.15, -0.1) is 0 Å². The van der Waals surface area contributed by atoms with Gasteiger partial charge in [0.1, 0.15) is 0 Å². The first kappa shape index (κ1) is 16.4. The third kappa shape index (κ3) is 2.34. The molecule has 0 saturated carbocycles. The summed E-state index contributed by atoms with van der Waals surface area (Å²) >= 11 is 0. The van der Waals surface area contributed by atoms with E-state index in [2.05, 4.69) is 5.32 Å². The first-order chi connectivity index (χ1) is 11.3. The van der Waals surface area contributed by atoms with Crippen LogP contribution in [0, 0.1) is 0 Å². The lowest BCUT2D eigenvalue weighted by Crippen LogP contribution is -2.23. The van der Waals surface area contributed by atoms with Gasteiger partial charge in [-0.25, -0.2) is 8.42 Å². The molecule has 0 fully saturated rings. The fraction of sp³-hybridized carbons (Fsp3) is 0.222. The van der Waals surface area contributed by atoms with E-state index >= 15 is 0 Å². The van der Waals surface area contributed by atoms with Gasteiger partial charge in [-0.05, 0) is 41.8 Å². The largest absolute Gasteiger partial charge is 0.355 e. The van der Waals surface area contributed by atoms with Crippen LogP contribution in [0.1, 0.15) is 51.6 Å². The molecule has 1 heterocycles. The Hall–Kier alpha value is -2.47. The van der Waals surface area contributed by atoms with Crippen LogP contribution in [-0.2, 0) is 9.84 Å². The number of fused-ring (bicyclic) bond motifs is 2. The van der Waals surface area contributed by atoms with Crippen LogP contribution in [0.5, 0.6) is 0 Å². The molecule has 2 aromatic rings. The van der Waals surface area contributed by atoms with E-state index in [1.165, 1.54) is 31.3 Å². The number of hydrogen-bond donors (Lipinski definition) is 1. The van der Waals surface area contributed by atoms with Crippen LogP contribution in [0.4, 0.5) is 0 Å². The van der Waals surface area contributed by atoms with E-state index in [-0.39, 0.29) is 38.2 Å². The van der Waals surface area contributed by atoms with Crippen LogP contribution in [0.15, 0.2) is 46.2 Å². The molecule has 0 radical (unpaired) electrons. The van der Waals surface area contributed by atoms with E-state index < -0.39 is 15.7 Å². The van der Waals surface area contributed by atoms with Gasteiger partial charge < -0.3 is 5.32 Å². The summed E-state index contributed by atoms with van der Waals surface area (Å²) in [6, 6.07) is 8.98. The maximum atomic E-state index is 12.9. The predicted octanol–water partition coefficient (Wildman–Crippen LogP) is 2.55. The highest BCUT2D eigenvalue weighted by Crippen LogP contribution is 2.36. The topological polar surface area (TPSA) is 80.3 Å². The van der Waals surface area contributed by atoms with Gasteiger partial charge >= 0.3 is 0 Å². The second kappa shape index (κ2) is 5.56. The standard InChI is InChI=1S/C18H17NO4S/c1-10(2)11-5-7-15-14(8-11)17(20)13-6-4-12(18(21)19-3)9-16(13)24(15,22)23/h4-10H,1-3H3,(H,19,21). The van der Waals surface area contributed by atoms with E-state index in [9.17, 15) is 18.0 Å². The van der Waals surface area contributed by atoms with Crippen molar-refractivity contribution in [1.82, 2.24) is 5.32 Å². The molecular formula is C18H17NO4S. The molecule has 0 aliphatic carbocycles. The molecule has 0 saturated heterocycles. The quantitative estimate of drug-likeness (QED) is 0.775. The summed E-state index contributed by atoms with van der Waals surface area (Å²) in [4.78, 5) is 24.4. The van der Waals surface area contributed by atoms with Crippen molar-refractivity contribution in [3.8, 4) is 0 Å². The van der Waals surface area contributed by atoms with Gasteiger partial charge in [0, 0.05) is 23.7 Å². The van der Waals surface area contributed by atoms with Crippen LogP contribution in [0.3, 0.4) is 0 Å². The molecule has 0 atom stereocenters. The van der Waals surface area contributed by atoms with Gasteiger partial charge in [0.25, 0.3) is 5.91 Å². The molecule has 3 rings (SSSR count). The molecule has 0 unspecified atom stereocenters. The summed E-state index contributed by atoms with van der Waals surface area (Å²) in [5.74, 6) is -0.551. The molecule has 1 aliphatic heterocycles. The lowest BCUT2D eigenvalue weighted by atomic mass is 9.95. The number of nitrogens with one attached hydrogen (secondary N) is 1. The van der Waals surface area contributed by atoms with Gasteiger partial charge in [0.05, 0.1) is 9.79 Å². The molecule has 0 bridgehead atoms. The minimum Gasteiger partial charge on any atom is -0.355 e. The second-order valence-corrected chi connectivity index (χ2v) is 7.92. The summed E-state index contributed by atoms with van der Waals surface area (Å²) in [6.45, 7) is 3.96. The van der Waals surface area contributed by atoms with Gasteiger partial charge in [0.15, 0.2) is 5.78 Å². The molecule has 1 amide bonds. The zero-order valence-electron chi connectivity index (χ0n) is 13.6. The Bertz CT molecular complexity index is 975. The van der Waals surface area contributed by atoms with Crippen molar-refractivity contribution in [2.75, 3.05) is 7.05 Å². The fourth-order valence-electron chi connectivity index (χ4n) is 2.80. The van der Waals surface area contributed by atoms with E-state index in [4.69, 9.17) is 0 Å². The first-order valence-electron chi connectivity index (χ1n) is 7.57. The maximum absolute atomic E-state index is 12.9. The Morgan fingerprint density at radius 2 is 1.71 bits per heavy atom. The van der Waals surface area contributed by atoms with E-state index in [1.807, 2.05) is 13.8 Å². The number of ketones is 1. The van der Waals surface area contributed by atoms with Crippen molar-refractivity contribution in [3.63, 3.8) is 0 Å². The Labute approximate surface area is 140 Å². The van der Waals surface area contributed by atoms with Crippen LogP contribution >= 0.6 is 0 Å². The van der Waals surface area contributed by atoms with E-state index in [1.54, 1.807) is 12.1 Å². The number of benzene rings is 2. The molecule has 0 aromatic heterocycles. The van der Waals surface area contributed by atoms with Gasteiger partial charge in [-0.2, -0.15) is 0 Å². The zero-order chi connectivity index (χ0) is 17.6. The average molecular weight is 343 g/mol. The van der Waals surface area contributed by atoms with Crippen molar-refractivity contribution in [3.05, 3.63) is 58.7 Å². The normalized spacial score (nSPS) is 14.9. The Morgan fingerprint density at radius 1 is 1.00 bits per heavy atom. The molecule has 2 aromatic carbocycles. The van der Waals surface area contributed by atoms with E-state index in [0.29, 0.717) is 0 Å². The minimum atomic E-state index is -3.84. The first-order valence-corrected chi connectivity index (χ1v) is 9.05. The molecule has 24 heavy (non-hydrogen) atoms. The maximum Gasteiger partial charge on any atom is 0.251 e. The van der Waals surface area contributed by atoms with Crippen LogP contribution in [0.2, 0.25) is 0 Å². The summed E-state index contributed by atoms with van der Waals surface area (Å²) in [7, 11) is -2.38. The predicted molar refractivity (Wildman–Crippen MR) is 89.2 cm³/mol. The zero-order valence-corrected chi connectivity index (χ0v) is 14.4. The van der Waals surface area contributed by atoms with Gasteiger partial charge in [-0.3, -0.25) is 9.59 Å². The van der Waals surface area contributed by atoms with Crippen molar-refractivity contribution < 1.29 is 18.0 Å². The summed E-state index contributed by atoms with van der Waals surface area (Å²) < 4.78 is 25.8. The van der Waals surface area contributed by atoms with Crippen LogP contribution in [0.25, 0.3) is 0 Å². The molecule has 6 heteroatoms. The minimum absolute atomic E-state index is 0.00143. The van der Waals surface area contributed by atoms with Crippen molar-refractivity contribution in [2.45, 2.75) is 29.6 Å². The molecular weight excluding hydrogens is 326 g/mol. The summed E-state index contributed by atoms with van der Waals surface area (Å²) in [5, 5.41) is 2.45. The fourth-order valence-corrected chi connectivity index (χ4v) is 4.46. The summed E-state index contributed by atoms with van der Waals surface area (Å²) in [5.41, 5.74) is 1.41. The Kier molecular flexibility index (Phi) is 3.80. The number of hydrogen-bond acceptors (Lipinski definition) is 4. The second-order valence-electron chi connectivity index (χ2n) is 6.03. The number of carbonyl (C=O) groups is 2. The number of sulfone groups is 1. The van der Waals surface area contributed by atoms with Crippen molar-refractivity contribution in [2.24, 2.45) is 0 Å². The highest BCUT2D eigenvalue weighted by atomic mass is 32.2. The molecule has 124 valence electrons. The SMILES string of the molecule is CNC(=O)c1ccc2c(c1)S(=O)(=O)c1ccc(C(C)C)cc1C2=O. The molecule has 0 spiro atoms. The lowest BCUT2D eigenvalue weighted by molar-refractivity contribution is 0.0960. The third-order valence-corrected chi connectivity index (χ3v) is 6.06. The number of rotatable bonds is 2. The van der Waals surface area contributed by atoms with Gasteiger partial charge in [0.2, 0.25) is 9.84 Å². The van der Waals surface area contributed by atoms with Crippen molar-refractivity contribution in [1.29, 1.82) is 0 Å². The number of carbonyl (C=O) groups excluding carboxylic acids is 2. The van der Waals surface area contributed by atoms with Crippen LogP contribution in [-0.4, -0.2) is 27.2 Å². The Morgan fingerprint density at radius 3 is 2.33 bits per heavy atom. The van der Waals surface area contributed by atoms with E-state index in [0.717, 1.165) is 5.56 Å². The lowest BCUT2D eigenvalue weighted by Gasteiger charge is -2.20. The highest BCUT2D eigenvalue weighted by Gasteiger charge is 2.35. The summed E-state index contributed by atoms with van der Waals surface area (Å²) in [6.07, 6.45) is 0. The van der Waals surface area contributed by atoms with Crippen LogP contribution < -0.4 is 5.32 Å². The number of amides is 1. The highest BCUT2D eigenvalue weighted by molar-refractivity contribution is 7.91. The van der Waals surface area contributed by atoms with Gasteiger partial charge in [-0.1, -0.05) is 19.9 Å². The van der Waals surface area contributed by atoms with Crippen molar-refractivity contribution >= 4 is 21.5 Å². The average Bonchev–Trinajstić information content (AvgIpc) is 2.58. The monoisotopic (exact) mass is 343 g/mol.